The molecule has 1 unspecified atom stereocenters. The molecule has 0 bridgehead atoms. The van der Waals surface area contributed by atoms with Gasteiger partial charge in [-0.25, -0.2) is 0 Å². The van der Waals surface area contributed by atoms with Crippen molar-refractivity contribution in [3.8, 4) is 11.5 Å². The molecule has 0 N–H and O–H groups in total. The van der Waals surface area contributed by atoms with E-state index in [0.717, 1.165) is 56.8 Å². The zero-order chi connectivity index (χ0) is 16.4. The summed E-state index contributed by atoms with van der Waals surface area (Å²) in [5, 5.41) is 0. The van der Waals surface area contributed by atoms with E-state index >= 15 is 0 Å². The van der Waals surface area contributed by atoms with Crippen LogP contribution in [0.3, 0.4) is 0 Å². The maximum absolute atomic E-state index is 12.6. The van der Waals surface area contributed by atoms with Gasteiger partial charge in [0.1, 0.15) is 13.2 Å². The minimum atomic E-state index is 0.291. The summed E-state index contributed by atoms with van der Waals surface area (Å²) in [6.07, 6.45) is 5.81. The van der Waals surface area contributed by atoms with Gasteiger partial charge in [-0.3, -0.25) is 9.69 Å². The lowest BCUT2D eigenvalue weighted by Crippen LogP contribution is -2.42. The number of rotatable bonds is 3. The van der Waals surface area contributed by atoms with Gasteiger partial charge in [0.25, 0.3) is 0 Å². The van der Waals surface area contributed by atoms with E-state index < -0.39 is 0 Å². The van der Waals surface area contributed by atoms with Gasteiger partial charge in [-0.1, -0.05) is 6.07 Å². The molecule has 5 nitrogen and oxygen atoms in total. The highest BCUT2D eigenvalue weighted by atomic mass is 16.6. The third-order valence-electron chi connectivity index (χ3n) is 5.36. The minimum absolute atomic E-state index is 0.291. The molecule has 1 atom stereocenters. The standard InChI is InChI=1S/C19H26N2O3/c22-19(20-8-2-1-3-9-20)14-21-10-4-5-16(21)15-6-7-17-18(13-15)24-12-11-23-17/h6-7,13,16H,1-5,8-12,14H2. The fourth-order valence-corrected chi connectivity index (χ4v) is 4.08. The first kappa shape index (κ1) is 15.8. The summed E-state index contributed by atoms with van der Waals surface area (Å²) in [4.78, 5) is 17.0. The average Bonchev–Trinajstić information content (AvgIpc) is 3.10. The second-order valence-corrected chi connectivity index (χ2v) is 6.97. The molecular formula is C19H26N2O3. The SMILES string of the molecule is O=C(CN1CCCC1c1ccc2c(c1)OCCO2)N1CCCCC1. The Morgan fingerprint density at radius 2 is 1.79 bits per heavy atom. The number of carbonyl (C=O) groups is 1. The van der Waals surface area contributed by atoms with Gasteiger partial charge in [-0.05, 0) is 56.3 Å². The van der Waals surface area contributed by atoms with Crippen LogP contribution in [0.2, 0.25) is 0 Å². The molecule has 24 heavy (non-hydrogen) atoms. The minimum Gasteiger partial charge on any atom is -0.486 e. The Morgan fingerprint density at radius 3 is 2.62 bits per heavy atom. The van der Waals surface area contributed by atoms with E-state index in [0.29, 0.717) is 31.7 Å². The maximum atomic E-state index is 12.6. The lowest BCUT2D eigenvalue weighted by Gasteiger charge is -2.31. The van der Waals surface area contributed by atoms with E-state index in [4.69, 9.17) is 9.47 Å². The summed E-state index contributed by atoms with van der Waals surface area (Å²) in [5.74, 6) is 1.96. The number of nitrogens with zero attached hydrogens (tertiary/aromatic N) is 2. The molecule has 3 aliphatic rings. The van der Waals surface area contributed by atoms with Gasteiger partial charge in [0.2, 0.25) is 5.91 Å². The highest BCUT2D eigenvalue weighted by molar-refractivity contribution is 5.78. The Hall–Kier alpha value is -1.75. The summed E-state index contributed by atoms with van der Waals surface area (Å²) in [7, 11) is 0. The number of likely N-dealkylation sites (tertiary alicyclic amines) is 2. The average molecular weight is 330 g/mol. The van der Waals surface area contributed by atoms with Gasteiger partial charge in [0, 0.05) is 19.1 Å². The van der Waals surface area contributed by atoms with E-state index in [1.807, 2.05) is 11.0 Å². The summed E-state index contributed by atoms with van der Waals surface area (Å²) < 4.78 is 11.3. The predicted molar refractivity (Wildman–Crippen MR) is 91.4 cm³/mol. The molecular weight excluding hydrogens is 304 g/mol. The van der Waals surface area contributed by atoms with Crippen molar-refractivity contribution >= 4 is 5.91 Å². The Balaban J connectivity index is 1.45. The fourth-order valence-electron chi connectivity index (χ4n) is 4.08. The number of ether oxygens (including phenoxy) is 2. The van der Waals surface area contributed by atoms with Crippen molar-refractivity contribution < 1.29 is 14.3 Å². The van der Waals surface area contributed by atoms with Crippen molar-refractivity contribution in [1.82, 2.24) is 9.80 Å². The molecule has 4 rings (SSSR count). The topological polar surface area (TPSA) is 42.0 Å². The lowest BCUT2D eigenvalue weighted by molar-refractivity contribution is -0.133. The number of hydrogen-bond donors (Lipinski definition) is 0. The lowest BCUT2D eigenvalue weighted by atomic mass is 10.0. The molecule has 1 aromatic rings. The third-order valence-corrected chi connectivity index (χ3v) is 5.36. The van der Waals surface area contributed by atoms with Crippen LogP contribution in [-0.2, 0) is 4.79 Å². The van der Waals surface area contributed by atoms with E-state index in [1.165, 1.54) is 12.0 Å². The van der Waals surface area contributed by atoms with E-state index in [1.54, 1.807) is 0 Å². The van der Waals surface area contributed by atoms with Gasteiger partial charge in [-0.15, -0.1) is 0 Å². The van der Waals surface area contributed by atoms with Crippen LogP contribution < -0.4 is 9.47 Å². The molecule has 2 saturated heterocycles. The Bertz CT molecular complexity index is 598. The number of benzene rings is 1. The van der Waals surface area contributed by atoms with Gasteiger partial charge >= 0.3 is 0 Å². The maximum Gasteiger partial charge on any atom is 0.236 e. The number of fused-ring (bicyclic) bond motifs is 1. The van der Waals surface area contributed by atoms with Crippen LogP contribution in [0.4, 0.5) is 0 Å². The molecule has 0 saturated carbocycles. The number of carbonyl (C=O) groups excluding carboxylic acids is 1. The highest BCUT2D eigenvalue weighted by Gasteiger charge is 2.30. The zero-order valence-electron chi connectivity index (χ0n) is 14.2. The Labute approximate surface area is 143 Å². The molecule has 5 heteroatoms. The van der Waals surface area contributed by atoms with Crippen LogP contribution in [0.5, 0.6) is 11.5 Å². The quantitative estimate of drug-likeness (QED) is 0.854. The van der Waals surface area contributed by atoms with Crippen LogP contribution in [0, 0.1) is 0 Å². The van der Waals surface area contributed by atoms with Gasteiger partial charge in [0.05, 0.1) is 6.54 Å². The molecule has 3 heterocycles. The van der Waals surface area contributed by atoms with Crippen molar-refractivity contribution in [2.24, 2.45) is 0 Å². The summed E-state index contributed by atoms with van der Waals surface area (Å²) in [5.41, 5.74) is 1.24. The largest absolute Gasteiger partial charge is 0.486 e. The molecule has 0 radical (unpaired) electrons. The highest BCUT2D eigenvalue weighted by Crippen LogP contribution is 2.38. The molecule has 2 fully saturated rings. The monoisotopic (exact) mass is 330 g/mol. The van der Waals surface area contributed by atoms with Crippen molar-refractivity contribution in [1.29, 1.82) is 0 Å². The predicted octanol–water partition coefficient (Wildman–Crippen LogP) is 2.61. The fraction of sp³-hybridized carbons (Fsp3) is 0.632. The number of amides is 1. The zero-order valence-corrected chi connectivity index (χ0v) is 14.2. The molecule has 0 aromatic heterocycles. The molecule has 0 spiro atoms. The first-order valence-corrected chi connectivity index (χ1v) is 9.22. The van der Waals surface area contributed by atoms with Crippen LogP contribution in [-0.4, -0.2) is 55.1 Å². The molecule has 130 valence electrons. The Morgan fingerprint density at radius 1 is 1.00 bits per heavy atom. The van der Waals surface area contributed by atoms with E-state index in [-0.39, 0.29) is 0 Å². The van der Waals surface area contributed by atoms with Crippen LogP contribution >= 0.6 is 0 Å². The number of hydrogen-bond acceptors (Lipinski definition) is 4. The van der Waals surface area contributed by atoms with Gasteiger partial charge < -0.3 is 14.4 Å². The van der Waals surface area contributed by atoms with E-state index in [9.17, 15) is 4.79 Å². The second kappa shape index (κ2) is 7.01. The Kier molecular flexibility index (Phi) is 4.60. The third kappa shape index (κ3) is 3.22. The van der Waals surface area contributed by atoms with Crippen molar-refractivity contribution in [3.05, 3.63) is 23.8 Å². The smallest absolute Gasteiger partial charge is 0.236 e. The number of piperidine rings is 1. The molecule has 0 aliphatic carbocycles. The van der Waals surface area contributed by atoms with Crippen molar-refractivity contribution in [2.75, 3.05) is 39.4 Å². The van der Waals surface area contributed by atoms with Crippen molar-refractivity contribution in [3.63, 3.8) is 0 Å². The normalized spacial score (nSPS) is 24.2. The summed E-state index contributed by atoms with van der Waals surface area (Å²) in [6.45, 7) is 4.63. The van der Waals surface area contributed by atoms with Crippen LogP contribution in [0.25, 0.3) is 0 Å². The molecule has 1 amide bonds. The summed E-state index contributed by atoms with van der Waals surface area (Å²) >= 11 is 0. The van der Waals surface area contributed by atoms with Gasteiger partial charge in [0.15, 0.2) is 11.5 Å². The summed E-state index contributed by atoms with van der Waals surface area (Å²) in [6, 6.07) is 6.55. The first-order chi connectivity index (χ1) is 11.8. The van der Waals surface area contributed by atoms with Crippen LogP contribution in [0.1, 0.15) is 43.7 Å². The van der Waals surface area contributed by atoms with E-state index in [2.05, 4.69) is 17.0 Å². The van der Waals surface area contributed by atoms with Gasteiger partial charge in [-0.2, -0.15) is 0 Å². The van der Waals surface area contributed by atoms with Crippen LogP contribution in [0.15, 0.2) is 18.2 Å². The second-order valence-electron chi connectivity index (χ2n) is 6.97. The van der Waals surface area contributed by atoms with Crippen molar-refractivity contribution in [2.45, 2.75) is 38.1 Å². The first-order valence-electron chi connectivity index (χ1n) is 9.22. The molecule has 1 aromatic carbocycles. The molecule has 3 aliphatic heterocycles.